The van der Waals surface area contributed by atoms with E-state index in [1.165, 1.54) is 0 Å². The number of rotatable bonds is 3. The van der Waals surface area contributed by atoms with Crippen molar-refractivity contribution in [3.63, 3.8) is 0 Å². The van der Waals surface area contributed by atoms with Gasteiger partial charge in [-0.3, -0.25) is 14.9 Å². The number of aliphatic carboxylic acids is 1. The van der Waals surface area contributed by atoms with Crippen molar-refractivity contribution < 1.29 is 14.7 Å². The van der Waals surface area contributed by atoms with Crippen LogP contribution in [0.3, 0.4) is 0 Å². The fraction of sp³-hybridized carbons (Fsp3) is 0.500. The molecule has 1 heterocycles. The fourth-order valence-electron chi connectivity index (χ4n) is 2.36. The lowest BCUT2D eigenvalue weighted by Gasteiger charge is -2.05. The summed E-state index contributed by atoms with van der Waals surface area (Å²) in [6.07, 6.45) is 0. The number of aromatic nitrogens is 2. The van der Waals surface area contributed by atoms with Crippen molar-refractivity contribution in [2.75, 3.05) is 5.32 Å². The van der Waals surface area contributed by atoms with Gasteiger partial charge in [0.1, 0.15) is 5.15 Å². The highest BCUT2D eigenvalue weighted by molar-refractivity contribution is 6.29. The van der Waals surface area contributed by atoms with Crippen molar-refractivity contribution in [3.05, 3.63) is 16.9 Å². The lowest BCUT2D eigenvalue weighted by molar-refractivity contribution is -0.140. The first-order chi connectivity index (χ1) is 8.73. The van der Waals surface area contributed by atoms with Crippen LogP contribution < -0.4 is 5.32 Å². The molecule has 1 amide bonds. The van der Waals surface area contributed by atoms with Gasteiger partial charge in [0.05, 0.1) is 11.8 Å². The highest BCUT2D eigenvalue weighted by Gasteiger charge is 2.66. The van der Waals surface area contributed by atoms with Crippen molar-refractivity contribution >= 4 is 29.4 Å². The number of nitrogens with zero attached hydrogens (tertiary/aromatic N) is 2. The quantitative estimate of drug-likeness (QED) is 0.824. The average molecular weight is 284 g/mol. The van der Waals surface area contributed by atoms with E-state index in [0.717, 1.165) is 0 Å². The van der Waals surface area contributed by atoms with Gasteiger partial charge in [0.25, 0.3) is 0 Å². The average Bonchev–Trinajstić information content (AvgIpc) is 2.80. The summed E-state index contributed by atoms with van der Waals surface area (Å²) in [6.45, 7) is 5.23. The van der Waals surface area contributed by atoms with Crippen LogP contribution in [0.15, 0.2) is 6.07 Å². The number of hydrogen-bond donors (Lipinski definition) is 2. The van der Waals surface area contributed by atoms with E-state index < -0.39 is 23.2 Å². The van der Waals surface area contributed by atoms with Crippen molar-refractivity contribution in [1.82, 2.24) is 9.97 Å². The van der Waals surface area contributed by atoms with Gasteiger partial charge in [-0.1, -0.05) is 25.4 Å². The lowest BCUT2D eigenvalue weighted by atomic mass is 10.1. The number of carboxylic acid groups (broad SMARTS) is 1. The maximum atomic E-state index is 12.0. The number of carbonyl (C=O) groups excluding carboxylic acids is 1. The van der Waals surface area contributed by atoms with Crippen LogP contribution in [0, 0.1) is 24.2 Å². The monoisotopic (exact) mass is 283 g/mol. The van der Waals surface area contributed by atoms with Gasteiger partial charge in [-0.15, -0.1) is 0 Å². The van der Waals surface area contributed by atoms with E-state index in [1.54, 1.807) is 26.8 Å². The summed E-state index contributed by atoms with van der Waals surface area (Å²) < 4.78 is 0. The van der Waals surface area contributed by atoms with Crippen LogP contribution in [-0.2, 0) is 9.59 Å². The Balaban J connectivity index is 2.13. The Morgan fingerprint density at radius 3 is 2.47 bits per heavy atom. The van der Waals surface area contributed by atoms with Crippen LogP contribution in [0.4, 0.5) is 5.95 Å². The van der Waals surface area contributed by atoms with Crippen LogP contribution in [-0.4, -0.2) is 27.0 Å². The second kappa shape index (κ2) is 4.45. The zero-order valence-electron chi connectivity index (χ0n) is 10.8. The summed E-state index contributed by atoms with van der Waals surface area (Å²) in [6, 6.07) is 1.57. The normalized spacial score (nSPS) is 23.8. The molecule has 0 spiro atoms. The van der Waals surface area contributed by atoms with E-state index in [1.807, 2.05) is 0 Å². The number of carboxylic acids is 1. The standard InChI is InChI=1S/C12H14ClN3O3/c1-5-4-6(13)15-11(14-5)16-9(17)7-8(10(18)19)12(7,2)3/h4,7-8H,1-3H3,(H,18,19)(H,14,15,16,17)/t7-,8+/m1/s1. The molecule has 0 radical (unpaired) electrons. The van der Waals surface area contributed by atoms with Crippen LogP contribution in [0.1, 0.15) is 19.5 Å². The number of nitrogens with one attached hydrogen (secondary N) is 1. The summed E-state index contributed by atoms with van der Waals surface area (Å²) in [4.78, 5) is 31.0. The molecule has 0 bridgehead atoms. The van der Waals surface area contributed by atoms with Crippen molar-refractivity contribution in [2.24, 2.45) is 17.3 Å². The van der Waals surface area contributed by atoms with Crippen LogP contribution >= 0.6 is 11.6 Å². The molecule has 0 unspecified atom stereocenters. The van der Waals surface area contributed by atoms with E-state index in [0.29, 0.717) is 5.69 Å². The summed E-state index contributed by atoms with van der Waals surface area (Å²) in [5, 5.41) is 11.8. The number of aryl methyl sites for hydroxylation is 1. The lowest BCUT2D eigenvalue weighted by Crippen LogP contribution is -2.19. The van der Waals surface area contributed by atoms with Crippen molar-refractivity contribution in [2.45, 2.75) is 20.8 Å². The highest BCUT2D eigenvalue weighted by atomic mass is 35.5. The molecule has 1 aromatic rings. The predicted octanol–water partition coefficient (Wildman–Crippen LogP) is 1.73. The Labute approximate surface area is 115 Å². The number of halogens is 1. The molecule has 0 saturated heterocycles. The van der Waals surface area contributed by atoms with Gasteiger partial charge in [-0.2, -0.15) is 0 Å². The summed E-state index contributed by atoms with van der Waals surface area (Å²) in [5.41, 5.74) is 0.0731. The van der Waals surface area contributed by atoms with Gasteiger partial charge < -0.3 is 5.11 Å². The van der Waals surface area contributed by atoms with Crippen LogP contribution in [0.2, 0.25) is 5.15 Å². The SMILES string of the molecule is Cc1cc(Cl)nc(NC(=O)[C@H]2[C@@H](C(=O)O)C2(C)C)n1. The molecular weight excluding hydrogens is 270 g/mol. The molecule has 1 saturated carbocycles. The molecule has 1 fully saturated rings. The van der Waals surface area contributed by atoms with Gasteiger partial charge in [0.2, 0.25) is 11.9 Å². The smallest absolute Gasteiger partial charge is 0.307 e. The third kappa shape index (κ3) is 2.53. The first-order valence-electron chi connectivity index (χ1n) is 5.78. The van der Waals surface area contributed by atoms with E-state index in [4.69, 9.17) is 16.7 Å². The van der Waals surface area contributed by atoms with Crippen LogP contribution in [0.5, 0.6) is 0 Å². The molecule has 2 rings (SSSR count). The van der Waals surface area contributed by atoms with E-state index in [2.05, 4.69) is 15.3 Å². The fourth-order valence-corrected chi connectivity index (χ4v) is 2.60. The molecular formula is C12H14ClN3O3. The summed E-state index contributed by atoms with van der Waals surface area (Å²) in [5.74, 6) is -2.50. The predicted molar refractivity (Wildman–Crippen MR) is 68.8 cm³/mol. The zero-order chi connectivity index (χ0) is 14.4. The molecule has 6 nitrogen and oxygen atoms in total. The zero-order valence-corrected chi connectivity index (χ0v) is 11.5. The summed E-state index contributed by atoms with van der Waals surface area (Å²) >= 11 is 5.77. The Kier molecular flexibility index (Phi) is 3.22. The Hall–Kier alpha value is -1.69. The maximum Gasteiger partial charge on any atom is 0.307 e. The topological polar surface area (TPSA) is 92.2 Å². The number of anilines is 1. The van der Waals surface area contributed by atoms with E-state index in [9.17, 15) is 9.59 Å². The van der Waals surface area contributed by atoms with E-state index >= 15 is 0 Å². The minimum atomic E-state index is -0.964. The second-order valence-corrected chi connectivity index (χ2v) is 5.65. The molecule has 1 aromatic heterocycles. The first kappa shape index (κ1) is 13.7. The van der Waals surface area contributed by atoms with Gasteiger partial charge in [0, 0.05) is 5.69 Å². The molecule has 0 aromatic carbocycles. The molecule has 2 N–H and O–H groups in total. The Morgan fingerprint density at radius 2 is 2.00 bits per heavy atom. The van der Waals surface area contributed by atoms with E-state index in [-0.39, 0.29) is 17.0 Å². The van der Waals surface area contributed by atoms with Crippen LogP contribution in [0.25, 0.3) is 0 Å². The number of amides is 1. The first-order valence-corrected chi connectivity index (χ1v) is 6.16. The van der Waals surface area contributed by atoms with Crippen molar-refractivity contribution in [3.8, 4) is 0 Å². The third-order valence-corrected chi connectivity index (χ3v) is 3.63. The van der Waals surface area contributed by atoms with Crippen molar-refractivity contribution in [1.29, 1.82) is 0 Å². The molecule has 19 heavy (non-hydrogen) atoms. The molecule has 2 atom stereocenters. The minimum Gasteiger partial charge on any atom is -0.481 e. The third-order valence-electron chi connectivity index (χ3n) is 3.43. The number of hydrogen-bond acceptors (Lipinski definition) is 4. The molecule has 1 aliphatic carbocycles. The molecule has 1 aliphatic rings. The highest BCUT2D eigenvalue weighted by Crippen LogP contribution is 2.58. The van der Waals surface area contributed by atoms with Gasteiger partial charge in [-0.25, -0.2) is 9.97 Å². The molecule has 0 aliphatic heterocycles. The Morgan fingerprint density at radius 1 is 1.37 bits per heavy atom. The van der Waals surface area contributed by atoms with Gasteiger partial charge in [0.15, 0.2) is 0 Å². The minimum absolute atomic E-state index is 0.0989. The maximum absolute atomic E-state index is 12.0. The van der Waals surface area contributed by atoms with Gasteiger partial charge >= 0.3 is 5.97 Å². The Bertz CT molecular complexity index is 539. The molecule has 7 heteroatoms. The number of carbonyl (C=O) groups is 2. The summed E-state index contributed by atoms with van der Waals surface area (Å²) in [7, 11) is 0. The molecule has 102 valence electrons. The largest absolute Gasteiger partial charge is 0.481 e. The van der Waals surface area contributed by atoms with Gasteiger partial charge in [-0.05, 0) is 18.4 Å². The second-order valence-electron chi connectivity index (χ2n) is 5.26.